The maximum absolute atomic E-state index is 6.05. The van der Waals surface area contributed by atoms with Gasteiger partial charge in [-0.3, -0.25) is 9.98 Å². The summed E-state index contributed by atoms with van der Waals surface area (Å²) in [5.41, 5.74) is 14.8. The highest BCUT2D eigenvalue weighted by Gasteiger charge is 2.22. The zero-order valence-electron chi connectivity index (χ0n) is 9.93. The van der Waals surface area contributed by atoms with Crippen LogP contribution in [0.3, 0.4) is 0 Å². The van der Waals surface area contributed by atoms with E-state index in [2.05, 4.69) is 15.0 Å². The summed E-state index contributed by atoms with van der Waals surface area (Å²) in [5, 5.41) is 0. The van der Waals surface area contributed by atoms with Crippen LogP contribution in [-0.2, 0) is 0 Å². The highest BCUT2D eigenvalue weighted by molar-refractivity contribution is 6.07. The van der Waals surface area contributed by atoms with Gasteiger partial charge in [0.1, 0.15) is 11.7 Å². The van der Waals surface area contributed by atoms with Crippen molar-refractivity contribution in [3.8, 4) is 11.1 Å². The van der Waals surface area contributed by atoms with E-state index in [0.29, 0.717) is 17.7 Å². The Balaban J connectivity index is 2.06. The molecule has 2 heterocycles. The van der Waals surface area contributed by atoms with Gasteiger partial charge in [0.15, 0.2) is 0 Å². The minimum absolute atomic E-state index is 0.379. The van der Waals surface area contributed by atoms with Gasteiger partial charge < -0.3 is 16.5 Å². The summed E-state index contributed by atoms with van der Waals surface area (Å²) in [5.74, 6) is 1.08. The Morgan fingerprint density at radius 2 is 2.06 bits per heavy atom. The molecular formula is C13H15N5. The molecule has 5 N–H and O–H groups in total. The third kappa shape index (κ3) is 1.95. The highest BCUT2D eigenvalue weighted by Crippen LogP contribution is 2.29. The Kier molecular flexibility index (Phi) is 2.51. The number of nitrogens with one attached hydrogen (secondary N) is 1. The van der Waals surface area contributed by atoms with Crippen LogP contribution in [0.1, 0.15) is 18.4 Å². The molecule has 2 aromatic heterocycles. The summed E-state index contributed by atoms with van der Waals surface area (Å²) in [6, 6.07) is 4.23. The lowest BCUT2D eigenvalue weighted by molar-refractivity contribution is 1.06. The van der Waals surface area contributed by atoms with Gasteiger partial charge in [-0.05, 0) is 30.5 Å². The molecule has 5 nitrogen and oxygen atoms in total. The number of nitrogen functional groups attached to an aromatic ring is 1. The molecule has 1 aliphatic rings. The predicted octanol–water partition coefficient (Wildman–Crippen LogP) is 1.53. The van der Waals surface area contributed by atoms with E-state index in [4.69, 9.17) is 11.5 Å². The Morgan fingerprint density at radius 3 is 2.72 bits per heavy atom. The maximum atomic E-state index is 6.05. The van der Waals surface area contributed by atoms with Crippen molar-refractivity contribution >= 4 is 11.7 Å². The summed E-state index contributed by atoms with van der Waals surface area (Å²) < 4.78 is 0. The van der Waals surface area contributed by atoms with Gasteiger partial charge in [0.2, 0.25) is 0 Å². The van der Waals surface area contributed by atoms with Crippen LogP contribution in [0.25, 0.3) is 11.1 Å². The van der Waals surface area contributed by atoms with Crippen LogP contribution >= 0.6 is 0 Å². The molecule has 0 radical (unpaired) electrons. The van der Waals surface area contributed by atoms with Crippen molar-refractivity contribution in [2.45, 2.75) is 18.9 Å². The van der Waals surface area contributed by atoms with E-state index in [1.165, 1.54) is 0 Å². The van der Waals surface area contributed by atoms with Crippen molar-refractivity contribution < 1.29 is 0 Å². The average molecular weight is 241 g/mol. The van der Waals surface area contributed by atoms with E-state index in [1.54, 1.807) is 12.4 Å². The third-order valence-corrected chi connectivity index (χ3v) is 3.03. The van der Waals surface area contributed by atoms with Crippen molar-refractivity contribution in [1.29, 1.82) is 0 Å². The number of amidine groups is 1. The molecule has 0 aliphatic heterocycles. The van der Waals surface area contributed by atoms with Gasteiger partial charge in [-0.2, -0.15) is 0 Å². The summed E-state index contributed by atoms with van der Waals surface area (Å²) in [6.07, 6.45) is 7.59. The molecular weight excluding hydrogens is 226 g/mol. The monoisotopic (exact) mass is 241 g/mol. The highest BCUT2D eigenvalue weighted by atomic mass is 14.9. The Labute approximate surface area is 105 Å². The predicted molar refractivity (Wildman–Crippen MR) is 72.2 cm³/mol. The third-order valence-electron chi connectivity index (χ3n) is 3.03. The molecule has 1 fully saturated rings. The molecule has 1 aliphatic carbocycles. The van der Waals surface area contributed by atoms with Crippen molar-refractivity contribution in [3.63, 3.8) is 0 Å². The number of anilines is 1. The molecule has 1 saturated carbocycles. The fourth-order valence-electron chi connectivity index (χ4n) is 1.94. The Morgan fingerprint density at radius 1 is 1.33 bits per heavy atom. The minimum Gasteiger partial charge on any atom is -0.385 e. The lowest BCUT2D eigenvalue weighted by Gasteiger charge is -2.05. The first kappa shape index (κ1) is 10.8. The normalized spacial score (nSPS) is 15.9. The topological polar surface area (TPSA) is 93.1 Å². The molecule has 5 heteroatoms. The van der Waals surface area contributed by atoms with Crippen LogP contribution in [0.4, 0.5) is 5.82 Å². The summed E-state index contributed by atoms with van der Waals surface area (Å²) in [4.78, 5) is 11.5. The van der Waals surface area contributed by atoms with Crippen LogP contribution in [0.15, 0.2) is 35.7 Å². The van der Waals surface area contributed by atoms with Crippen molar-refractivity contribution in [3.05, 3.63) is 36.3 Å². The van der Waals surface area contributed by atoms with E-state index in [0.717, 1.165) is 29.5 Å². The number of H-pyrrole nitrogens is 1. The molecule has 0 bridgehead atoms. The molecule has 18 heavy (non-hydrogen) atoms. The van der Waals surface area contributed by atoms with Gasteiger partial charge in [0, 0.05) is 24.2 Å². The number of aromatic nitrogens is 2. The molecule has 0 saturated heterocycles. The first-order valence-electron chi connectivity index (χ1n) is 5.96. The maximum Gasteiger partial charge on any atom is 0.130 e. The van der Waals surface area contributed by atoms with E-state index in [1.807, 2.05) is 18.3 Å². The van der Waals surface area contributed by atoms with Gasteiger partial charge in [-0.15, -0.1) is 0 Å². The molecule has 0 unspecified atom stereocenters. The van der Waals surface area contributed by atoms with Gasteiger partial charge in [0.05, 0.1) is 11.6 Å². The van der Waals surface area contributed by atoms with Crippen molar-refractivity contribution in [1.82, 2.24) is 9.97 Å². The second-order valence-electron chi connectivity index (χ2n) is 4.47. The van der Waals surface area contributed by atoms with E-state index in [9.17, 15) is 0 Å². The molecule has 0 atom stereocenters. The van der Waals surface area contributed by atoms with Gasteiger partial charge >= 0.3 is 0 Å². The Bertz CT molecular complexity index is 581. The molecule has 92 valence electrons. The summed E-state index contributed by atoms with van der Waals surface area (Å²) >= 11 is 0. The number of nitrogens with two attached hydrogens (primary N) is 2. The number of aromatic amines is 1. The second-order valence-corrected chi connectivity index (χ2v) is 4.47. The summed E-state index contributed by atoms with van der Waals surface area (Å²) in [7, 11) is 0. The Hall–Kier alpha value is -2.30. The number of hydrogen-bond acceptors (Lipinski definition) is 3. The molecule has 3 rings (SSSR count). The van der Waals surface area contributed by atoms with Crippen molar-refractivity contribution in [2.75, 3.05) is 5.73 Å². The first-order valence-corrected chi connectivity index (χ1v) is 5.96. The second kappa shape index (κ2) is 4.18. The summed E-state index contributed by atoms with van der Waals surface area (Å²) in [6.45, 7) is 0. The van der Waals surface area contributed by atoms with Crippen LogP contribution in [0, 0.1) is 0 Å². The molecule has 0 amide bonds. The smallest absolute Gasteiger partial charge is 0.130 e. The van der Waals surface area contributed by atoms with E-state index < -0.39 is 0 Å². The largest absolute Gasteiger partial charge is 0.385 e. The van der Waals surface area contributed by atoms with Gasteiger partial charge in [-0.25, -0.2) is 0 Å². The zero-order chi connectivity index (χ0) is 12.5. The van der Waals surface area contributed by atoms with Crippen molar-refractivity contribution in [2.24, 2.45) is 10.7 Å². The van der Waals surface area contributed by atoms with E-state index in [-0.39, 0.29) is 0 Å². The molecule has 0 spiro atoms. The quantitative estimate of drug-likeness (QED) is 0.562. The van der Waals surface area contributed by atoms with Gasteiger partial charge in [0.25, 0.3) is 0 Å². The average Bonchev–Trinajstić information content (AvgIpc) is 3.10. The lowest BCUT2D eigenvalue weighted by atomic mass is 10.0. The van der Waals surface area contributed by atoms with Gasteiger partial charge in [-0.1, -0.05) is 0 Å². The standard InChI is InChI=1S/C13H15N5/c14-12-11(13(15)18-9-1-2-9)10(7-17-12)8-3-5-16-6-4-8/h3-7,9,17H,1-2,14H2,(H2,15,18). The van der Waals surface area contributed by atoms with Crippen LogP contribution in [0.2, 0.25) is 0 Å². The van der Waals surface area contributed by atoms with Crippen LogP contribution in [0.5, 0.6) is 0 Å². The van der Waals surface area contributed by atoms with Crippen LogP contribution < -0.4 is 11.5 Å². The fraction of sp³-hybridized carbons (Fsp3) is 0.231. The fourth-order valence-corrected chi connectivity index (χ4v) is 1.94. The minimum atomic E-state index is 0.379. The lowest BCUT2D eigenvalue weighted by Crippen LogP contribution is -2.16. The number of rotatable bonds is 3. The first-order chi connectivity index (χ1) is 8.75. The number of hydrogen-bond donors (Lipinski definition) is 3. The number of aliphatic imine (C=N–C) groups is 1. The van der Waals surface area contributed by atoms with E-state index >= 15 is 0 Å². The molecule has 0 aromatic carbocycles. The molecule has 2 aromatic rings. The number of pyridine rings is 1. The zero-order valence-corrected chi connectivity index (χ0v) is 9.93. The van der Waals surface area contributed by atoms with Crippen LogP contribution in [-0.4, -0.2) is 21.8 Å². The SMILES string of the molecule is NC(=NC1CC1)c1c(-c2ccncc2)c[nH]c1N. The number of nitrogens with zero attached hydrogens (tertiary/aromatic N) is 2.